The van der Waals surface area contributed by atoms with Crippen LogP contribution in [0.4, 0.5) is 0 Å². The lowest BCUT2D eigenvalue weighted by Crippen LogP contribution is -2.06. The van der Waals surface area contributed by atoms with E-state index >= 15 is 0 Å². The van der Waals surface area contributed by atoms with Gasteiger partial charge in [-0.2, -0.15) is 0 Å². The van der Waals surface area contributed by atoms with Crippen molar-refractivity contribution in [1.82, 2.24) is 9.97 Å². The summed E-state index contributed by atoms with van der Waals surface area (Å²) < 4.78 is 0. The van der Waals surface area contributed by atoms with E-state index in [0.717, 1.165) is 29.4 Å². The highest BCUT2D eigenvalue weighted by molar-refractivity contribution is 6.30. The fraction of sp³-hybridized carbons (Fsp3) is 0.692. The monoisotopic (exact) mass is 238 g/mol. The summed E-state index contributed by atoms with van der Waals surface area (Å²) in [7, 11) is 0. The van der Waals surface area contributed by atoms with Gasteiger partial charge in [0.25, 0.3) is 0 Å². The first kappa shape index (κ1) is 11.8. The van der Waals surface area contributed by atoms with E-state index in [-0.39, 0.29) is 0 Å². The fourth-order valence-corrected chi connectivity index (χ4v) is 2.96. The Morgan fingerprint density at radius 2 is 2.06 bits per heavy atom. The van der Waals surface area contributed by atoms with Crippen molar-refractivity contribution in [2.75, 3.05) is 0 Å². The molecule has 0 saturated heterocycles. The van der Waals surface area contributed by atoms with Crippen molar-refractivity contribution in [1.29, 1.82) is 0 Å². The normalized spacial score (nSPS) is 25.0. The number of hydrogen-bond acceptors (Lipinski definition) is 2. The molecule has 1 aliphatic rings. The largest absolute Gasteiger partial charge is 0.238 e. The molecule has 1 aromatic rings. The minimum atomic E-state index is 0.525. The number of hydrogen-bond donors (Lipinski definition) is 0. The number of halogens is 1. The van der Waals surface area contributed by atoms with Gasteiger partial charge in [-0.3, -0.25) is 0 Å². The second-order valence-corrected chi connectivity index (χ2v) is 5.26. The van der Waals surface area contributed by atoms with E-state index in [1.54, 1.807) is 0 Å². The summed E-state index contributed by atoms with van der Waals surface area (Å²) in [4.78, 5) is 9.10. The van der Waals surface area contributed by atoms with Crippen molar-refractivity contribution < 1.29 is 0 Å². The lowest BCUT2D eigenvalue weighted by Gasteiger charge is -2.12. The molecule has 2 unspecified atom stereocenters. The van der Waals surface area contributed by atoms with Crippen LogP contribution in [0.15, 0.2) is 0 Å². The molecule has 88 valence electrons. The highest BCUT2D eigenvalue weighted by Crippen LogP contribution is 2.37. The molecule has 1 aromatic heterocycles. The Morgan fingerprint density at radius 3 is 2.56 bits per heavy atom. The maximum atomic E-state index is 6.20. The van der Waals surface area contributed by atoms with Crippen molar-refractivity contribution >= 4 is 11.6 Å². The molecule has 1 heterocycles. The van der Waals surface area contributed by atoms with E-state index in [1.807, 2.05) is 6.92 Å². The molecule has 0 radical (unpaired) electrons. The van der Waals surface area contributed by atoms with Gasteiger partial charge in [-0.25, -0.2) is 9.97 Å². The zero-order valence-electron chi connectivity index (χ0n) is 10.3. The molecule has 0 spiro atoms. The Labute approximate surface area is 102 Å². The maximum Gasteiger partial charge on any atom is 0.136 e. The third kappa shape index (κ3) is 2.22. The molecule has 0 bridgehead atoms. The van der Waals surface area contributed by atoms with Crippen LogP contribution in [-0.2, 0) is 6.42 Å². The molecule has 2 rings (SSSR count). The first-order valence-corrected chi connectivity index (χ1v) is 6.52. The Kier molecular flexibility index (Phi) is 3.48. The van der Waals surface area contributed by atoms with E-state index in [4.69, 9.17) is 11.6 Å². The second-order valence-electron chi connectivity index (χ2n) is 4.91. The predicted molar refractivity (Wildman–Crippen MR) is 66.9 cm³/mol. The highest BCUT2D eigenvalue weighted by atomic mass is 35.5. The van der Waals surface area contributed by atoms with E-state index in [2.05, 4.69) is 23.8 Å². The minimum Gasteiger partial charge on any atom is -0.238 e. The van der Waals surface area contributed by atoms with Crippen LogP contribution >= 0.6 is 11.6 Å². The maximum absolute atomic E-state index is 6.20. The molecule has 2 atom stereocenters. The van der Waals surface area contributed by atoms with Crippen molar-refractivity contribution in [3.63, 3.8) is 0 Å². The van der Waals surface area contributed by atoms with Crippen molar-refractivity contribution in [2.24, 2.45) is 5.92 Å². The summed E-state index contributed by atoms with van der Waals surface area (Å²) in [5.41, 5.74) is 2.15. The van der Waals surface area contributed by atoms with Crippen LogP contribution in [0.1, 0.15) is 56.1 Å². The average Bonchev–Trinajstić information content (AvgIpc) is 2.64. The standard InChI is InChI=1S/C13H19ClN2/c1-4-11-9(3)15-13(16-12(11)14)10-6-5-8(2)7-10/h8,10H,4-7H2,1-3H3. The van der Waals surface area contributed by atoms with Gasteiger partial charge in [-0.05, 0) is 38.5 Å². The topological polar surface area (TPSA) is 25.8 Å². The van der Waals surface area contributed by atoms with E-state index in [9.17, 15) is 0 Å². The summed E-state index contributed by atoms with van der Waals surface area (Å²) in [6, 6.07) is 0. The van der Waals surface area contributed by atoms with Crippen molar-refractivity contribution in [3.05, 3.63) is 22.2 Å². The number of nitrogens with zero attached hydrogens (tertiary/aromatic N) is 2. The van der Waals surface area contributed by atoms with Crippen molar-refractivity contribution in [2.45, 2.75) is 52.4 Å². The smallest absolute Gasteiger partial charge is 0.136 e. The second kappa shape index (κ2) is 4.70. The zero-order valence-corrected chi connectivity index (χ0v) is 11.0. The van der Waals surface area contributed by atoms with Crippen LogP contribution in [0.3, 0.4) is 0 Å². The highest BCUT2D eigenvalue weighted by Gasteiger charge is 2.25. The van der Waals surface area contributed by atoms with Crippen LogP contribution in [0.5, 0.6) is 0 Å². The Balaban J connectivity index is 2.29. The molecule has 0 aromatic carbocycles. The summed E-state index contributed by atoms with van der Waals surface area (Å²) >= 11 is 6.20. The fourth-order valence-electron chi connectivity index (χ4n) is 2.61. The third-order valence-electron chi connectivity index (χ3n) is 3.59. The molecule has 0 amide bonds. The lowest BCUT2D eigenvalue weighted by molar-refractivity contribution is 0.584. The van der Waals surface area contributed by atoms with Crippen LogP contribution in [-0.4, -0.2) is 9.97 Å². The van der Waals surface area contributed by atoms with Crippen molar-refractivity contribution in [3.8, 4) is 0 Å². The van der Waals surface area contributed by atoms with E-state index in [1.165, 1.54) is 19.3 Å². The number of aryl methyl sites for hydroxylation is 1. The molecular formula is C13H19ClN2. The minimum absolute atomic E-state index is 0.525. The Hall–Kier alpha value is -0.630. The molecule has 1 fully saturated rings. The third-order valence-corrected chi connectivity index (χ3v) is 3.91. The van der Waals surface area contributed by atoms with Crippen LogP contribution in [0, 0.1) is 12.8 Å². The lowest BCUT2D eigenvalue weighted by atomic mass is 10.0. The molecule has 1 aliphatic carbocycles. The molecular weight excluding hydrogens is 220 g/mol. The van der Waals surface area contributed by atoms with Crippen LogP contribution in [0.2, 0.25) is 5.15 Å². The average molecular weight is 239 g/mol. The van der Waals surface area contributed by atoms with Gasteiger partial charge >= 0.3 is 0 Å². The van der Waals surface area contributed by atoms with Crippen LogP contribution in [0.25, 0.3) is 0 Å². The van der Waals surface area contributed by atoms with Gasteiger partial charge < -0.3 is 0 Å². The molecule has 2 nitrogen and oxygen atoms in total. The van der Waals surface area contributed by atoms with Crippen LogP contribution < -0.4 is 0 Å². The first-order chi connectivity index (χ1) is 7.61. The van der Waals surface area contributed by atoms with E-state index in [0.29, 0.717) is 11.1 Å². The number of rotatable bonds is 2. The molecule has 0 aliphatic heterocycles. The van der Waals surface area contributed by atoms with Gasteiger partial charge in [0.05, 0.1) is 0 Å². The summed E-state index contributed by atoms with van der Waals surface area (Å²) in [5.74, 6) is 2.29. The summed E-state index contributed by atoms with van der Waals surface area (Å²) in [6.45, 7) is 6.43. The first-order valence-electron chi connectivity index (χ1n) is 6.14. The zero-order chi connectivity index (χ0) is 11.7. The molecule has 1 saturated carbocycles. The molecule has 0 N–H and O–H groups in total. The van der Waals surface area contributed by atoms with Gasteiger partial charge in [-0.15, -0.1) is 0 Å². The van der Waals surface area contributed by atoms with Gasteiger partial charge in [-0.1, -0.05) is 25.4 Å². The van der Waals surface area contributed by atoms with Gasteiger partial charge in [0.15, 0.2) is 0 Å². The summed E-state index contributed by atoms with van der Waals surface area (Å²) in [6.07, 6.45) is 4.62. The molecule has 3 heteroatoms. The van der Waals surface area contributed by atoms with Gasteiger partial charge in [0.1, 0.15) is 11.0 Å². The van der Waals surface area contributed by atoms with Gasteiger partial charge in [0, 0.05) is 17.2 Å². The van der Waals surface area contributed by atoms with Gasteiger partial charge in [0.2, 0.25) is 0 Å². The van der Waals surface area contributed by atoms with E-state index < -0.39 is 0 Å². The Morgan fingerprint density at radius 1 is 1.31 bits per heavy atom. The number of aromatic nitrogens is 2. The summed E-state index contributed by atoms with van der Waals surface area (Å²) in [5, 5.41) is 0.657. The molecule has 16 heavy (non-hydrogen) atoms. The predicted octanol–water partition coefficient (Wildman–Crippen LogP) is 3.90. The quantitative estimate of drug-likeness (QED) is 0.731. The Bertz CT molecular complexity index is 367. The SMILES string of the molecule is CCc1c(C)nc(C2CCC(C)C2)nc1Cl.